The van der Waals surface area contributed by atoms with Crippen LogP contribution in [0.4, 0.5) is 5.82 Å². The van der Waals surface area contributed by atoms with E-state index in [9.17, 15) is 4.79 Å². The predicted octanol–water partition coefficient (Wildman–Crippen LogP) is 2.53. The van der Waals surface area contributed by atoms with Gasteiger partial charge in [0.15, 0.2) is 0 Å². The van der Waals surface area contributed by atoms with Crippen molar-refractivity contribution in [3.8, 4) is 0 Å². The zero-order valence-electron chi connectivity index (χ0n) is 14.3. The number of piperazine rings is 1. The van der Waals surface area contributed by atoms with Crippen LogP contribution in [0, 0.1) is 0 Å². The average molecular weight is 324 g/mol. The summed E-state index contributed by atoms with van der Waals surface area (Å²) in [4.78, 5) is 20.8. The number of nitrogens with one attached hydrogen (secondary N) is 1. The quantitative estimate of drug-likeness (QED) is 0.939. The van der Waals surface area contributed by atoms with Gasteiger partial charge in [0.25, 0.3) is 0 Å². The highest BCUT2D eigenvalue weighted by molar-refractivity contribution is 5.74. The third-order valence-electron chi connectivity index (χ3n) is 4.58. The van der Waals surface area contributed by atoms with Crippen LogP contribution >= 0.6 is 0 Å². The first-order valence-corrected chi connectivity index (χ1v) is 8.35. The van der Waals surface area contributed by atoms with Crippen LogP contribution in [0.3, 0.4) is 0 Å². The molecule has 0 radical (unpaired) electrons. The number of amides is 1. The van der Waals surface area contributed by atoms with Crippen LogP contribution < -0.4 is 5.32 Å². The molecule has 0 unspecified atom stereocenters. The molecule has 1 amide bonds. The summed E-state index contributed by atoms with van der Waals surface area (Å²) in [5.74, 6) is 1.06. The largest absolute Gasteiger partial charge is 0.373 e. The van der Waals surface area contributed by atoms with Crippen molar-refractivity contribution in [3.63, 3.8) is 0 Å². The van der Waals surface area contributed by atoms with Gasteiger partial charge in [-0.05, 0) is 11.6 Å². The molecule has 2 aromatic rings. The van der Waals surface area contributed by atoms with Crippen LogP contribution in [-0.4, -0.2) is 47.4 Å². The maximum atomic E-state index is 12.0. The minimum atomic E-state index is 0.104. The Hall–Kier alpha value is -2.40. The van der Waals surface area contributed by atoms with E-state index in [2.05, 4.69) is 33.4 Å². The van der Waals surface area contributed by atoms with E-state index in [1.54, 1.807) is 13.1 Å². The Balaban J connectivity index is 1.79. The lowest BCUT2D eigenvalue weighted by molar-refractivity contribution is -0.134. The highest BCUT2D eigenvalue weighted by Gasteiger charge is 2.30. The van der Waals surface area contributed by atoms with Crippen molar-refractivity contribution in [1.82, 2.24) is 14.8 Å². The van der Waals surface area contributed by atoms with Gasteiger partial charge < -0.3 is 10.2 Å². The Labute approximate surface area is 143 Å². The van der Waals surface area contributed by atoms with Crippen molar-refractivity contribution in [1.29, 1.82) is 0 Å². The molecule has 1 aliphatic rings. The number of pyridine rings is 1. The van der Waals surface area contributed by atoms with E-state index in [1.807, 2.05) is 36.2 Å². The summed E-state index contributed by atoms with van der Waals surface area (Å²) in [6.45, 7) is 4.96. The summed E-state index contributed by atoms with van der Waals surface area (Å²) < 4.78 is 0. The lowest BCUT2D eigenvalue weighted by atomic mass is 10.0. The fourth-order valence-electron chi connectivity index (χ4n) is 3.35. The summed E-state index contributed by atoms with van der Waals surface area (Å²) in [5, 5.41) is 3.15. The summed E-state index contributed by atoms with van der Waals surface area (Å²) in [7, 11) is 1.90. The van der Waals surface area contributed by atoms with Crippen molar-refractivity contribution >= 4 is 11.7 Å². The number of nitrogens with zero attached hydrogens (tertiary/aromatic N) is 3. The molecule has 0 bridgehead atoms. The molecule has 1 aromatic heterocycles. The van der Waals surface area contributed by atoms with Crippen LogP contribution in [-0.2, 0) is 11.3 Å². The van der Waals surface area contributed by atoms with Crippen LogP contribution in [0.5, 0.6) is 0 Å². The molecular formula is C19H24N4O. The molecule has 2 heterocycles. The zero-order valence-corrected chi connectivity index (χ0v) is 14.3. The minimum Gasteiger partial charge on any atom is -0.373 e. The third kappa shape index (κ3) is 3.57. The molecule has 1 aliphatic heterocycles. The summed E-state index contributed by atoms with van der Waals surface area (Å²) in [5.41, 5.74) is 2.38. The van der Waals surface area contributed by atoms with E-state index in [1.165, 1.54) is 11.1 Å². The summed E-state index contributed by atoms with van der Waals surface area (Å²) in [6.07, 6.45) is 1.80. The number of benzene rings is 1. The van der Waals surface area contributed by atoms with Crippen LogP contribution in [0.25, 0.3) is 0 Å². The molecule has 1 N–H and O–H groups in total. The fraction of sp³-hybridized carbons (Fsp3) is 0.368. The summed E-state index contributed by atoms with van der Waals surface area (Å²) >= 11 is 0. The normalized spacial score (nSPS) is 18.4. The highest BCUT2D eigenvalue weighted by atomic mass is 16.2. The number of rotatable bonds is 4. The fourth-order valence-corrected chi connectivity index (χ4v) is 3.35. The first kappa shape index (κ1) is 16.5. The van der Waals surface area contributed by atoms with Crippen molar-refractivity contribution in [2.75, 3.05) is 32.0 Å². The zero-order chi connectivity index (χ0) is 16.9. The topological polar surface area (TPSA) is 48.5 Å². The maximum Gasteiger partial charge on any atom is 0.220 e. The molecule has 1 aromatic carbocycles. The Morgan fingerprint density at radius 2 is 2.00 bits per heavy atom. The monoisotopic (exact) mass is 324 g/mol. The van der Waals surface area contributed by atoms with Gasteiger partial charge in [-0.15, -0.1) is 0 Å². The SMILES string of the molecule is CNc1ncccc1CN1CCN(C(C)=O)[C@H](c2ccccc2)C1. The molecular weight excluding hydrogens is 300 g/mol. The predicted molar refractivity (Wildman–Crippen MR) is 95.6 cm³/mol. The van der Waals surface area contributed by atoms with E-state index < -0.39 is 0 Å². The van der Waals surface area contributed by atoms with Gasteiger partial charge in [-0.3, -0.25) is 9.69 Å². The molecule has 0 aliphatic carbocycles. The Bertz CT molecular complexity index is 689. The number of hydrogen-bond donors (Lipinski definition) is 1. The molecule has 1 atom stereocenters. The molecule has 0 saturated carbocycles. The first-order valence-electron chi connectivity index (χ1n) is 8.35. The van der Waals surface area contributed by atoms with Gasteiger partial charge in [0.05, 0.1) is 6.04 Å². The Morgan fingerprint density at radius 1 is 1.21 bits per heavy atom. The Kier molecular flexibility index (Phi) is 5.11. The van der Waals surface area contributed by atoms with Gasteiger partial charge in [-0.25, -0.2) is 4.98 Å². The van der Waals surface area contributed by atoms with E-state index in [0.29, 0.717) is 0 Å². The van der Waals surface area contributed by atoms with Gasteiger partial charge in [-0.1, -0.05) is 36.4 Å². The standard InChI is InChI=1S/C19H24N4O/c1-15(24)23-12-11-22(13-17-9-6-10-21-19(17)20-2)14-18(23)16-7-4-3-5-8-16/h3-10,18H,11-14H2,1-2H3,(H,20,21)/t18-/m0/s1. The highest BCUT2D eigenvalue weighted by Crippen LogP contribution is 2.27. The molecule has 24 heavy (non-hydrogen) atoms. The van der Waals surface area contributed by atoms with E-state index in [4.69, 9.17) is 0 Å². The van der Waals surface area contributed by atoms with Crippen molar-refractivity contribution in [3.05, 3.63) is 59.8 Å². The van der Waals surface area contributed by atoms with Crippen LogP contribution in [0.2, 0.25) is 0 Å². The van der Waals surface area contributed by atoms with Gasteiger partial charge in [0.2, 0.25) is 5.91 Å². The van der Waals surface area contributed by atoms with Gasteiger partial charge in [0, 0.05) is 51.9 Å². The molecule has 5 heteroatoms. The second-order valence-electron chi connectivity index (χ2n) is 6.14. The molecule has 3 rings (SSSR count). The van der Waals surface area contributed by atoms with Crippen molar-refractivity contribution in [2.45, 2.75) is 19.5 Å². The lowest BCUT2D eigenvalue weighted by Crippen LogP contribution is -2.49. The molecule has 126 valence electrons. The van der Waals surface area contributed by atoms with E-state index in [-0.39, 0.29) is 11.9 Å². The minimum absolute atomic E-state index is 0.104. The van der Waals surface area contributed by atoms with Crippen LogP contribution in [0.15, 0.2) is 48.7 Å². The maximum absolute atomic E-state index is 12.0. The number of carbonyl (C=O) groups excluding carboxylic acids is 1. The molecule has 0 spiro atoms. The van der Waals surface area contributed by atoms with Gasteiger partial charge >= 0.3 is 0 Å². The second-order valence-corrected chi connectivity index (χ2v) is 6.14. The third-order valence-corrected chi connectivity index (χ3v) is 4.58. The van der Waals surface area contributed by atoms with Crippen LogP contribution in [0.1, 0.15) is 24.1 Å². The van der Waals surface area contributed by atoms with Crippen molar-refractivity contribution in [2.24, 2.45) is 0 Å². The molecule has 1 fully saturated rings. The average Bonchev–Trinajstić information content (AvgIpc) is 2.62. The Morgan fingerprint density at radius 3 is 2.71 bits per heavy atom. The number of aromatic nitrogens is 1. The first-order chi connectivity index (χ1) is 11.7. The number of carbonyl (C=O) groups is 1. The van der Waals surface area contributed by atoms with E-state index >= 15 is 0 Å². The number of hydrogen-bond acceptors (Lipinski definition) is 4. The second kappa shape index (κ2) is 7.45. The summed E-state index contributed by atoms with van der Waals surface area (Å²) in [6, 6.07) is 14.5. The molecule has 1 saturated heterocycles. The molecule has 5 nitrogen and oxygen atoms in total. The van der Waals surface area contributed by atoms with Gasteiger partial charge in [0.1, 0.15) is 5.82 Å². The lowest BCUT2D eigenvalue weighted by Gasteiger charge is -2.41. The van der Waals surface area contributed by atoms with E-state index in [0.717, 1.165) is 32.0 Å². The smallest absolute Gasteiger partial charge is 0.220 e. The van der Waals surface area contributed by atoms with Gasteiger partial charge in [-0.2, -0.15) is 0 Å². The number of anilines is 1. The van der Waals surface area contributed by atoms with Crippen molar-refractivity contribution < 1.29 is 4.79 Å².